The zero-order chi connectivity index (χ0) is 78.2. The van der Waals surface area contributed by atoms with E-state index in [-0.39, 0.29) is 43.7 Å². The van der Waals surface area contributed by atoms with Crippen LogP contribution in [0, 0.1) is 11.7 Å². The number of nitrogens with one attached hydrogen (secondary N) is 10. The molecule has 2 heterocycles. The van der Waals surface area contributed by atoms with Crippen LogP contribution < -0.4 is 64.1 Å². The van der Waals surface area contributed by atoms with E-state index in [1.54, 1.807) is 43.6 Å². The van der Waals surface area contributed by atoms with Gasteiger partial charge in [-0.2, -0.15) is 0 Å². The normalized spacial score (nSPS) is 17.8. The lowest BCUT2D eigenvalue weighted by atomic mass is 9.85. The van der Waals surface area contributed by atoms with E-state index >= 15 is 4.39 Å². The SMILES string of the molecule is CCc1cc(OC)ccc1-c1ccc(C[C@H](NC(=O)[C@H](CC(=O)O)NC(=O)[C@H](CO)NC(=O)[C@@H](NC(=O)[C@](C)(Cc2ccccc2F)NC(=O)[C@@H](NC(=O)CNC(=O)[C@H](CCC(=O)O)NC(=O)[C@]2(C)CCCN2C(=O)[C@@H](N)Cc2c[nH]cn2)[C@@H](C)O)[C@@H](C)O)C(=O)N[C@@H](CCC2CCCCC2)C(N)=O)cc1. The summed E-state index contributed by atoms with van der Waals surface area (Å²) in [7, 11) is 1.55. The third-order valence-electron chi connectivity index (χ3n) is 19.0. The van der Waals surface area contributed by atoms with Crippen LogP contribution in [-0.4, -0.2) is 216 Å². The first kappa shape index (κ1) is 84.5. The molecule has 0 spiro atoms. The number of aromatic amines is 1. The molecule has 0 radical (unpaired) electrons. The molecule has 33 nitrogen and oxygen atoms in total. The highest BCUT2D eigenvalue weighted by atomic mass is 19.1. The van der Waals surface area contributed by atoms with Crippen molar-refractivity contribution in [2.75, 3.05) is 26.8 Å². The number of halogens is 1. The average molecular weight is 1480 g/mol. The molecule has 6 rings (SSSR count). The number of aliphatic hydroxyl groups excluding tert-OH is 3. The van der Waals surface area contributed by atoms with Crippen LogP contribution in [-0.2, 0) is 88.0 Å². The topological polar surface area (TPSA) is 525 Å². The Morgan fingerprint density at radius 3 is 1.96 bits per heavy atom. The summed E-state index contributed by atoms with van der Waals surface area (Å²) in [5, 5.41) is 73.1. The molecule has 11 amide bonds. The van der Waals surface area contributed by atoms with Gasteiger partial charge < -0.3 is 99.5 Å². The van der Waals surface area contributed by atoms with Crippen LogP contribution in [0.5, 0.6) is 5.75 Å². The summed E-state index contributed by atoms with van der Waals surface area (Å²) in [6, 6.07) is 3.88. The van der Waals surface area contributed by atoms with Crippen LogP contribution in [0.1, 0.15) is 134 Å². The van der Waals surface area contributed by atoms with Crippen molar-refractivity contribution in [1.82, 2.24) is 62.7 Å². The van der Waals surface area contributed by atoms with Gasteiger partial charge in [-0.3, -0.25) is 62.3 Å². The number of benzene rings is 3. The number of aliphatic carboxylic acids is 2. The number of aryl methyl sites for hydroxylation is 1. The van der Waals surface area contributed by atoms with Crippen molar-refractivity contribution in [3.05, 3.63) is 107 Å². The molecule has 2 aliphatic rings. The van der Waals surface area contributed by atoms with Gasteiger partial charge in [-0.1, -0.05) is 87.6 Å². The number of amides is 11. The minimum Gasteiger partial charge on any atom is -0.497 e. The lowest BCUT2D eigenvalue weighted by Gasteiger charge is -2.36. The number of methoxy groups -OCH3 is 1. The predicted octanol–water partition coefficient (Wildman–Crippen LogP) is -1.15. The first-order valence-electron chi connectivity index (χ1n) is 35.2. The van der Waals surface area contributed by atoms with Gasteiger partial charge in [0.15, 0.2) is 0 Å². The second-order valence-corrected chi connectivity index (χ2v) is 27.3. The highest BCUT2D eigenvalue weighted by Gasteiger charge is 2.48. The molecule has 12 atom stereocenters. The number of primary amides is 1. The number of aromatic nitrogens is 2. The van der Waals surface area contributed by atoms with Crippen molar-refractivity contribution < 1.29 is 97.0 Å². The molecule has 0 unspecified atom stereocenters. The zero-order valence-corrected chi connectivity index (χ0v) is 60.2. The summed E-state index contributed by atoms with van der Waals surface area (Å²) in [6.07, 6.45) is 2.91. The van der Waals surface area contributed by atoms with E-state index < -0.39 is 193 Å². The van der Waals surface area contributed by atoms with E-state index in [9.17, 15) is 87.9 Å². The van der Waals surface area contributed by atoms with Gasteiger partial charge in [0.2, 0.25) is 65.0 Å². The summed E-state index contributed by atoms with van der Waals surface area (Å²) in [4.78, 5) is 186. The molecule has 1 aromatic heterocycles. The molecule has 1 aliphatic carbocycles. The van der Waals surface area contributed by atoms with Gasteiger partial charge in [-0.05, 0) is 118 Å². The van der Waals surface area contributed by atoms with Gasteiger partial charge in [0.25, 0.3) is 0 Å². The Hall–Kier alpha value is -10.5. The highest BCUT2D eigenvalue weighted by Crippen LogP contribution is 2.32. The van der Waals surface area contributed by atoms with Crippen LogP contribution in [0.4, 0.5) is 4.39 Å². The van der Waals surface area contributed by atoms with Crippen molar-refractivity contribution in [1.29, 1.82) is 0 Å². The van der Waals surface area contributed by atoms with E-state index in [1.165, 1.54) is 36.4 Å². The summed E-state index contributed by atoms with van der Waals surface area (Å²) in [5.41, 5.74) is 11.5. The zero-order valence-electron chi connectivity index (χ0n) is 60.2. The Morgan fingerprint density at radius 1 is 0.726 bits per heavy atom. The van der Waals surface area contributed by atoms with Crippen LogP contribution >= 0.6 is 0 Å². The van der Waals surface area contributed by atoms with Crippen molar-refractivity contribution in [2.45, 2.75) is 209 Å². The number of carboxylic acids is 2. The summed E-state index contributed by atoms with van der Waals surface area (Å²) < 4.78 is 20.9. The summed E-state index contributed by atoms with van der Waals surface area (Å²) >= 11 is 0. The number of nitrogens with zero attached hydrogens (tertiary/aromatic N) is 2. The largest absolute Gasteiger partial charge is 0.497 e. The Morgan fingerprint density at radius 2 is 1.36 bits per heavy atom. The summed E-state index contributed by atoms with van der Waals surface area (Å²) in [5.74, 6) is -15.0. The molecule has 578 valence electrons. The molecular weight excluding hydrogens is 1380 g/mol. The Kier molecular flexibility index (Phi) is 31.6. The molecule has 1 saturated carbocycles. The van der Waals surface area contributed by atoms with Gasteiger partial charge >= 0.3 is 11.9 Å². The minimum absolute atomic E-state index is 0.0327. The van der Waals surface area contributed by atoms with Crippen LogP contribution in [0.15, 0.2) is 79.3 Å². The van der Waals surface area contributed by atoms with E-state index in [0.717, 1.165) is 75.6 Å². The lowest BCUT2D eigenvalue weighted by molar-refractivity contribution is -0.146. The van der Waals surface area contributed by atoms with Gasteiger partial charge in [0, 0.05) is 38.4 Å². The first-order chi connectivity index (χ1) is 50.2. The minimum atomic E-state index is -2.41. The number of imidazole rings is 1. The second-order valence-electron chi connectivity index (χ2n) is 27.3. The van der Waals surface area contributed by atoms with Crippen LogP contribution in [0.3, 0.4) is 0 Å². The fourth-order valence-electron chi connectivity index (χ4n) is 12.9. The number of hydrogen-bond donors (Lipinski definition) is 17. The Labute approximate surface area is 611 Å². The quantitative estimate of drug-likeness (QED) is 0.0250. The number of hydrogen-bond acceptors (Lipinski definition) is 19. The van der Waals surface area contributed by atoms with E-state index in [0.29, 0.717) is 36.3 Å². The third kappa shape index (κ3) is 24.0. The van der Waals surface area contributed by atoms with Crippen molar-refractivity contribution in [3.8, 4) is 16.9 Å². The molecule has 4 aromatic rings. The van der Waals surface area contributed by atoms with Crippen molar-refractivity contribution in [3.63, 3.8) is 0 Å². The number of likely N-dealkylation sites (tertiary alicyclic amines) is 1. The number of rotatable bonds is 40. The number of aliphatic hydroxyl groups is 3. The maximum Gasteiger partial charge on any atom is 0.305 e. The monoisotopic (exact) mass is 1480 g/mol. The first-order valence-corrected chi connectivity index (χ1v) is 35.2. The smallest absolute Gasteiger partial charge is 0.305 e. The summed E-state index contributed by atoms with van der Waals surface area (Å²) in [6.45, 7) is 4.43. The van der Waals surface area contributed by atoms with Crippen molar-refractivity contribution in [2.24, 2.45) is 17.4 Å². The van der Waals surface area contributed by atoms with Gasteiger partial charge in [-0.25, -0.2) is 9.37 Å². The molecule has 0 bridgehead atoms. The van der Waals surface area contributed by atoms with Crippen LogP contribution in [0.2, 0.25) is 0 Å². The lowest BCUT2D eigenvalue weighted by Crippen LogP contribution is -2.67. The molecule has 2 fully saturated rings. The number of carbonyl (C=O) groups is 13. The number of ether oxygens (including phenoxy) is 1. The van der Waals surface area contributed by atoms with Crippen molar-refractivity contribution >= 4 is 76.9 Å². The number of nitrogens with two attached hydrogens (primary N) is 2. The highest BCUT2D eigenvalue weighted by molar-refractivity contribution is 6.01. The molecule has 19 N–H and O–H groups in total. The van der Waals surface area contributed by atoms with Gasteiger partial charge in [0.05, 0.1) is 57.0 Å². The Bertz CT molecular complexity index is 3760. The van der Waals surface area contributed by atoms with Gasteiger partial charge in [-0.15, -0.1) is 0 Å². The van der Waals surface area contributed by atoms with E-state index in [2.05, 4.69) is 57.8 Å². The molecule has 106 heavy (non-hydrogen) atoms. The second kappa shape index (κ2) is 39.6. The molecule has 34 heteroatoms. The van der Waals surface area contributed by atoms with Crippen LogP contribution in [0.25, 0.3) is 11.1 Å². The maximum atomic E-state index is 15.5. The molecule has 1 saturated heterocycles. The number of H-pyrrole nitrogens is 1. The number of carboxylic acid groups (broad SMARTS) is 2. The fraction of sp³-hybridized carbons (Fsp3) is 0.528. The molecule has 1 aliphatic heterocycles. The van der Waals surface area contributed by atoms with E-state index in [1.807, 2.05) is 19.1 Å². The van der Waals surface area contributed by atoms with Gasteiger partial charge in [0.1, 0.15) is 64.9 Å². The molecule has 3 aromatic carbocycles. The fourth-order valence-corrected chi connectivity index (χ4v) is 12.9. The van der Waals surface area contributed by atoms with E-state index in [4.69, 9.17) is 16.2 Å². The Balaban J connectivity index is 1.16. The predicted molar refractivity (Wildman–Crippen MR) is 379 cm³/mol. The number of carbonyl (C=O) groups excluding carboxylic acids is 11. The average Bonchev–Trinajstić information content (AvgIpc) is 1.63. The maximum absolute atomic E-state index is 15.5. The standard InChI is InChI=1S/C72H99FN14O19/c1-7-43-31-47(106-6)23-24-48(43)44-21-18-42(19-22-44)30-53(63(98)79-51(61(75)96)25-20-41-14-9-8-10-15-41)80-64(99)54(33-58(94)95)81-65(100)55(37-88)82-66(101)59(39(2)89)85-69(104)71(4,34-45-16-11-12-17-49(45)73)86-67(102)60(40(3)90)84-56(91)36-77-62(97)52(26-27-57(92)93)83-70(105)72(5)28-13-29-87(72)68(103)50(74)32-46-35-76-38-78-46/h11-12,16-19,21-24,31,35,38-41,50-55,59-60,88-90H,7-10,13-15,20,25-30,32-34,36-37,74H2,1-6H3,(H2,75,96)(H,76,78)(H,77,97)(H,79,98)(H,80,99)(H,81,100)(H,82,101)(H,83,105)(H,84,91)(H,85,104)(H,86,102)(H,92,93)(H,94,95)/t39-,40-,50+,51+,52+,53+,54+,55+,59+,60+,71+,72+/m1/s1. The molecular formula is C72H99FN14O19. The third-order valence-corrected chi connectivity index (χ3v) is 19.0.